The molecule has 0 saturated carbocycles. The third-order valence-corrected chi connectivity index (χ3v) is 3.26. The molecule has 0 fully saturated rings. The van der Waals surface area contributed by atoms with Gasteiger partial charge in [0.1, 0.15) is 0 Å². The molecule has 0 aliphatic carbocycles. The van der Waals surface area contributed by atoms with Crippen LogP contribution in [0, 0.1) is 0 Å². The SMILES string of the molecule is O=C(O)c1ccc2c(c1)CN(CCC(F)(F)F)CC2. The molecule has 3 nitrogen and oxygen atoms in total. The Bertz CT molecular complexity index is 485. The van der Waals surface area contributed by atoms with Crippen LogP contribution in [0.3, 0.4) is 0 Å². The average Bonchev–Trinajstić information content (AvgIpc) is 2.34. The second-order valence-electron chi connectivity index (χ2n) is 4.68. The summed E-state index contributed by atoms with van der Waals surface area (Å²) in [4.78, 5) is 12.6. The normalized spacial score (nSPS) is 16.2. The van der Waals surface area contributed by atoms with E-state index in [1.165, 1.54) is 6.07 Å². The van der Waals surface area contributed by atoms with Gasteiger partial charge in [-0.15, -0.1) is 0 Å². The summed E-state index contributed by atoms with van der Waals surface area (Å²) in [5, 5.41) is 8.90. The first-order valence-electron chi connectivity index (χ1n) is 5.99. The van der Waals surface area contributed by atoms with Crippen LogP contribution >= 0.6 is 0 Å². The molecule has 104 valence electrons. The van der Waals surface area contributed by atoms with E-state index >= 15 is 0 Å². The Balaban J connectivity index is 2.05. The first-order chi connectivity index (χ1) is 8.85. The van der Waals surface area contributed by atoms with E-state index in [1.54, 1.807) is 17.0 Å². The molecule has 1 heterocycles. The van der Waals surface area contributed by atoms with Crippen LogP contribution in [0.1, 0.15) is 27.9 Å². The van der Waals surface area contributed by atoms with Crippen LogP contribution in [0.4, 0.5) is 13.2 Å². The van der Waals surface area contributed by atoms with Crippen molar-refractivity contribution in [3.8, 4) is 0 Å². The van der Waals surface area contributed by atoms with Crippen molar-refractivity contribution in [1.29, 1.82) is 0 Å². The topological polar surface area (TPSA) is 40.5 Å². The number of carboxylic acid groups (broad SMARTS) is 1. The zero-order valence-corrected chi connectivity index (χ0v) is 10.2. The van der Waals surface area contributed by atoms with Crippen molar-refractivity contribution >= 4 is 5.97 Å². The van der Waals surface area contributed by atoms with E-state index in [9.17, 15) is 18.0 Å². The van der Waals surface area contributed by atoms with Gasteiger partial charge in [-0.25, -0.2) is 4.79 Å². The van der Waals surface area contributed by atoms with Crippen molar-refractivity contribution in [2.75, 3.05) is 13.1 Å². The Morgan fingerprint density at radius 3 is 2.68 bits per heavy atom. The Morgan fingerprint density at radius 1 is 1.32 bits per heavy atom. The predicted octanol–water partition coefficient (Wildman–Crippen LogP) is 2.70. The van der Waals surface area contributed by atoms with Crippen LogP contribution < -0.4 is 0 Å². The average molecular weight is 273 g/mol. The fraction of sp³-hybridized carbons (Fsp3) is 0.462. The summed E-state index contributed by atoms with van der Waals surface area (Å²) in [5.41, 5.74) is 2.01. The van der Waals surface area contributed by atoms with Gasteiger partial charge in [0.2, 0.25) is 0 Å². The maximum absolute atomic E-state index is 12.2. The van der Waals surface area contributed by atoms with Gasteiger partial charge in [0.15, 0.2) is 0 Å². The Labute approximate surface area is 108 Å². The van der Waals surface area contributed by atoms with Gasteiger partial charge in [0.05, 0.1) is 12.0 Å². The molecule has 1 aromatic carbocycles. The number of benzene rings is 1. The molecule has 0 spiro atoms. The molecule has 0 saturated heterocycles. The summed E-state index contributed by atoms with van der Waals surface area (Å²) >= 11 is 0. The Hall–Kier alpha value is -1.56. The zero-order chi connectivity index (χ0) is 14.0. The molecule has 0 radical (unpaired) electrons. The lowest BCUT2D eigenvalue weighted by molar-refractivity contribution is -0.138. The van der Waals surface area contributed by atoms with Crippen LogP contribution in [-0.2, 0) is 13.0 Å². The van der Waals surface area contributed by atoms with Crippen molar-refractivity contribution < 1.29 is 23.1 Å². The number of aromatic carboxylic acids is 1. The fourth-order valence-corrected chi connectivity index (χ4v) is 2.22. The summed E-state index contributed by atoms with van der Waals surface area (Å²) in [6, 6.07) is 4.84. The number of hydrogen-bond acceptors (Lipinski definition) is 2. The highest BCUT2D eigenvalue weighted by atomic mass is 19.4. The van der Waals surface area contributed by atoms with Gasteiger partial charge in [0, 0.05) is 19.6 Å². The number of carboxylic acids is 1. The standard InChI is InChI=1S/C13H14F3NO2/c14-13(15,16)4-6-17-5-3-9-1-2-10(12(18)19)7-11(9)8-17/h1-2,7H,3-6,8H2,(H,18,19). The number of hydrogen-bond donors (Lipinski definition) is 1. The van der Waals surface area contributed by atoms with Gasteiger partial charge in [-0.05, 0) is 29.7 Å². The van der Waals surface area contributed by atoms with E-state index in [0.29, 0.717) is 19.5 Å². The van der Waals surface area contributed by atoms with Gasteiger partial charge in [-0.2, -0.15) is 13.2 Å². The summed E-state index contributed by atoms with van der Waals surface area (Å²) < 4.78 is 36.5. The highest BCUT2D eigenvalue weighted by Crippen LogP contribution is 2.24. The van der Waals surface area contributed by atoms with Crippen LogP contribution in [0.5, 0.6) is 0 Å². The quantitative estimate of drug-likeness (QED) is 0.920. The van der Waals surface area contributed by atoms with Crippen molar-refractivity contribution in [1.82, 2.24) is 4.90 Å². The van der Waals surface area contributed by atoms with Crippen molar-refractivity contribution in [2.24, 2.45) is 0 Å². The number of alkyl halides is 3. The van der Waals surface area contributed by atoms with E-state index in [4.69, 9.17) is 5.11 Å². The molecular weight excluding hydrogens is 259 g/mol. The minimum absolute atomic E-state index is 0.0414. The van der Waals surface area contributed by atoms with Crippen LogP contribution in [-0.4, -0.2) is 35.2 Å². The van der Waals surface area contributed by atoms with Gasteiger partial charge in [-0.1, -0.05) is 6.07 Å². The van der Waals surface area contributed by atoms with E-state index in [2.05, 4.69) is 0 Å². The minimum Gasteiger partial charge on any atom is -0.478 e. The lowest BCUT2D eigenvalue weighted by atomic mass is 9.97. The third-order valence-electron chi connectivity index (χ3n) is 3.26. The number of nitrogens with zero attached hydrogens (tertiary/aromatic N) is 1. The molecule has 0 bridgehead atoms. The third kappa shape index (κ3) is 3.70. The molecule has 0 unspecified atom stereocenters. The zero-order valence-electron chi connectivity index (χ0n) is 10.2. The summed E-state index contributed by atoms with van der Waals surface area (Å²) in [5.74, 6) is -1.02. The molecular formula is C13H14F3NO2. The first-order valence-corrected chi connectivity index (χ1v) is 5.99. The van der Waals surface area contributed by atoms with E-state index in [1.807, 2.05) is 0 Å². The second kappa shape index (κ2) is 5.21. The van der Waals surface area contributed by atoms with Gasteiger partial charge < -0.3 is 5.11 Å². The molecule has 19 heavy (non-hydrogen) atoms. The number of rotatable bonds is 3. The minimum atomic E-state index is -4.15. The van der Waals surface area contributed by atoms with E-state index in [0.717, 1.165) is 11.1 Å². The van der Waals surface area contributed by atoms with Crippen molar-refractivity contribution in [3.05, 3.63) is 34.9 Å². The van der Waals surface area contributed by atoms with Gasteiger partial charge >= 0.3 is 12.1 Å². The number of fused-ring (bicyclic) bond motifs is 1. The molecule has 1 aliphatic rings. The smallest absolute Gasteiger partial charge is 0.390 e. The van der Waals surface area contributed by atoms with Gasteiger partial charge in [-0.3, -0.25) is 4.90 Å². The highest BCUT2D eigenvalue weighted by Gasteiger charge is 2.28. The van der Waals surface area contributed by atoms with Crippen LogP contribution in [0.15, 0.2) is 18.2 Å². The number of carbonyl (C=O) groups is 1. The predicted molar refractivity (Wildman–Crippen MR) is 63.1 cm³/mol. The molecule has 1 aromatic rings. The Kier molecular flexibility index (Phi) is 3.80. The summed E-state index contributed by atoms with van der Waals surface area (Å²) in [6.45, 7) is 0.919. The Morgan fingerprint density at radius 2 is 2.05 bits per heavy atom. The molecule has 0 aromatic heterocycles. The van der Waals surface area contributed by atoms with Gasteiger partial charge in [0.25, 0.3) is 0 Å². The maximum Gasteiger partial charge on any atom is 0.390 e. The maximum atomic E-state index is 12.2. The first kappa shape index (κ1) is 13.9. The molecule has 1 N–H and O–H groups in total. The lowest BCUT2D eigenvalue weighted by Crippen LogP contribution is -2.33. The monoisotopic (exact) mass is 273 g/mol. The molecule has 1 aliphatic heterocycles. The lowest BCUT2D eigenvalue weighted by Gasteiger charge is -2.29. The highest BCUT2D eigenvalue weighted by molar-refractivity contribution is 5.87. The molecule has 0 atom stereocenters. The summed E-state index contributed by atoms with van der Waals surface area (Å²) in [7, 11) is 0. The fourth-order valence-electron chi connectivity index (χ4n) is 2.22. The molecule has 2 rings (SSSR count). The van der Waals surface area contributed by atoms with Crippen molar-refractivity contribution in [3.63, 3.8) is 0 Å². The molecule has 0 amide bonds. The number of halogens is 3. The van der Waals surface area contributed by atoms with Crippen molar-refractivity contribution in [2.45, 2.75) is 25.6 Å². The summed E-state index contributed by atoms with van der Waals surface area (Å²) in [6.07, 6.45) is -4.32. The van der Waals surface area contributed by atoms with Crippen LogP contribution in [0.2, 0.25) is 0 Å². The van der Waals surface area contributed by atoms with Crippen LogP contribution in [0.25, 0.3) is 0 Å². The van der Waals surface area contributed by atoms with E-state index in [-0.39, 0.29) is 12.1 Å². The van der Waals surface area contributed by atoms with E-state index < -0.39 is 18.6 Å². The molecule has 6 heteroatoms. The second-order valence-corrected chi connectivity index (χ2v) is 4.68. The largest absolute Gasteiger partial charge is 0.478 e.